The van der Waals surface area contributed by atoms with Gasteiger partial charge in [0.2, 0.25) is 5.91 Å². The van der Waals surface area contributed by atoms with Crippen molar-refractivity contribution in [3.8, 4) is 0 Å². The van der Waals surface area contributed by atoms with Crippen molar-refractivity contribution in [3.63, 3.8) is 0 Å². The van der Waals surface area contributed by atoms with E-state index in [2.05, 4.69) is 15.6 Å². The van der Waals surface area contributed by atoms with Crippen LogP contribution in [0.25, 0.3) is 0 Å². The number of nitrogens with zero attached hydrogens (tertiary/aromatic N) is 2. The SMILES string of the molecule is CCN=C(NC1CCN(C(=O)C2CCCC2)C1)NC1CC1c1ccccc1F.I. The van der Waals surface area contributed by atoms with Gasteiger partial charge in [-0.2, -0.15) is 0 Å². The van der Waals surface area contributed by atoms with Gasteiger partial charge >= 0.3 is 0 Å². The summed E-state index contributed by atoms with van der Waals surface area (Å²) in [7, 11) is 0. The van der Waals surface area contributed by atoms with Gasteiger partial charge in [0, 0.05) is 43.6 Å². The highest BCUT2D eigenvalue weighted by atomic mass is 127. The van der Waals surface area contributed by atoms with Gasteiger partial charge in [-0.25, -0.2) is 4.39 Å². The maximum Gasteiger partial charge on any atom is 0.225 e. The van der Waals surface area contributed by atoms with Crippen LogP contribution in [0.5, 0.6) is 0 Å². The predicted molar refractivity (Wildman–Crippen MR) is 124 cm³/mol. The second-order valence-corrected chi connectivity index (χ2v) is 8.33. The molecule has 1 aromatic rings. The van der Waals surface area contributed by atoms with Crippen LogP contribution < -0.4 is 10.6 Å². The Hall–Kier alpha value is -1.38. The third kappa shape index (κ3) is 5.41. The molecule has 1 aromatic carbocycles. The van der Waals surface area contributed by atoms with E-state index in [1.807, 2.05) is 24.0 Å². The lowest BCUT2D eigenvalue weighted by Crippen LogP contribution is -2.46. The van der Waals surface area contributed by atoms with E-state index in [0.29, 0.717) is 12.5 Å². The smallest absolute Gasteiger partial charge is 0.225 e. The first-order valence-electron chi connectivity index (χ1n) is 10.8. The number of nitrogens with one attached hydrogen (secondary N) is 2. The summed E-state index contributed by atoms with van der Waals surface area (Å²) in [6.45, 7) is 4.27. The Kier molecular flexibility index (Phi) is 7.76. The van der Waals surface area contributed by atoms with Crippen molar-refractivity contribution >= 4 is 35.8 Å². The van der Waals surface area contributed by atoms with Crippen LogP contribution in [-0.2, 0) is 4.79 Å². The second-order valence-electron chi connectivity index (χ2n) is 8.33. The average molecular weight is 514 g/mol. The van der Waals surface area contributed by atoms with E-state index >= 15 is 0 Å². The first-order chi connectivity index (χ1) is 13.7. The lowest BCUT2D eigenvalue weighted by atomic mass is 10.1. The predicted octanol–water partition coefficient (Wildman–Crippen LogP) is 3.65. The van der Waals surface area contributed by atoms with Crippen molar-refractivity contribution in [1.82, 2.24) is 15.5 Å². The summed E-state index contributed by atoms with van der Waals surface area (Å²) in [4.78, 5) is 19.2. The zero-order chi connectivity index (χ0) is 19.5. The molecule has 0 bridgehead atoms. The highest BCUT2D eigenvalue weighted by Gasteiger charge is 2.41. The highest BCUT2D eigenvalue weighted by Crippen LogP contribution is 2.41. The zero-order valence-electron chi connectivity index (χ0n) is 17.1. The van der Waals surface area contributed by atoms with E-state index in [1.165, 1.54) is 18.9 Å². The Bertz CT molecular complexity index is 737. The van der Waals surface area contributed by atoms with E-state index in [4.69, 9.17) is 0 Å². The van der Waals surface area contributed by atoms with Crippen LogP contribution in [0.1, 0.15) is 56.9 Å². The molecule has 3 unspecified atom stereocenters. The van der Waals surface area contributed by atoms with Crippen molar-refractivity contribution in [3.05, 3.63) is 35.6 Å². The van der Waals surface area contributed by atoms with Gasteiger partial charge in [-0.1, -0.05) is 31.0 Å². The fourth-order valence-electron chi connectivity index (χ4n) is 4.64. The molecule has 0 spiro atoms. The molecule has 0 radical (unpaired) electrons. The molecule has 1 saturated heterocycles. The highest BCUT2D eigenvalue weighted by molar-refractivity contribution is 14.0. The Balaban J connectivity index is 0.00000240. The van der Waals surface area contributed by atoms with Gasteiger partial charge < -0.3 is 15.5 Å². The van der Waals surface area contributed by atoms with Crippen LogP contribution in [0, 0.1) is 11.7 Å². The second kappa shape index (κ2) is 10.1. The van der Waals surface area contributed by atoms with Gasteiger partial charge in [0.05, 0.1) is 0 Å². The fraction of sp³-hybridized carbons (Fsp3) is 0.636. The van der Waals surface area contributed by atoms with Crippen molar-refractivity contribution in [1.29, 1.82) is 0 Å². The van der Waals surface area contributed by atoms with Gasteiger partial charge in [0.1, 0.15) is 5.82 Å². The minimum atomic E-state index is -0.129. The molecule has 5 nitrogen and oxygen atoms in total. The molecule has 160 valence electrons. The molecule has 0 aromatic heterocycles. The Morgan fingerprint density at radius 3 is 2.69 bits per heavy atom. The van der Waals surface area contributed by atoms with Crippen molar-refractivity contribution in [2.45, 2.75) is 63.5 Å². The standard InChI is InChI=1S/C22H31FN4O.HI/c1-2-24-22(26-20-13-18(20)17-9-5-6-10-19(17)23)25-16-11-12-27(14-16)21(28)15-7-3-4-8-15;/h5-6,9-10,15-16,18,20H,2-4,7-8,11-14H2,1H3,(H2,24,25,26);1H. The summed E-state index contributed by atoms with van der Waals surface area (Å²) >= 11 is 0. The number of amides is 1. The number of aliphatic imine (C=N–C) groups is 1. The quantitative estimate of drug-likeness (QED) is 0.359. The third-order valence-corrected chi connectivity index (χ3v) is 6.28. The van der Waals surface area contributed by atoms with Crippen LogP contribution in [0.2, 0.25) is 0 Å². The van der Waals surface area contributed by atoms with Crippen LogP contribution >= 0.6 is 24.0 Å². The van der Waals surface area contributed by atoms with Gasteiger partial charge in [-0.3, -0.25) is 9.79 Å². The fourth-order valence-corrected chi connectivity index (χ4v) is 4.64. The maximum absolute atomic E-state index is 14.0. The normalized spacial score (nSPS) is 26.9. The third-order valence-electron chi connectivity index (χ3n) is 6.28. The van der Waals surface area contributed by atoms with Crippen LogP contribution in [0.15, 0.2) is 29.3 Å². The molecule has 2 N–H and O–H groups in total. The van der Waals surface area contributed by atoms with E-state index in [9.17, 15) is 9.18 Å². The average Bonchev–Trinajstić information content (AvgIpc) is 3.10. The number of hydrogen-bond donors (Lipinski definition) is 2. The monoisotopic (exact) mass is 514 g/mol. The molecule has 29 heavy (non-hydrogen) atoms. The molecular formula is C22H32FIN4O. The van der Waals surface area contributed by atoms with E-state index in [0.717, 1.165) is 50.3 Å². The number of likely N-dealkylation sites (tertiary alicyclic amines) is 1. The van der Waals surface area contributed by atoms with E-state index in [-0.39, 0.29) is 53.7 Å². The summed E-state index contributed by atoms with van der Waals surface area (Å²) in [5.74, 6) is 1.44. The lowest BCUT2D eigenvalue weighted by molar-refractivity contribution is -0.134. The van der Waals surface area contributed by atoms with E-state index < -0.39 is 0 Å². The topological polar surface area (TPSA) is 56.7 Å². The lowest BCUT2D eigenvalue weighted by Gasteiger charge is -2.21. The summed E-state index contributed by atoms with van der Waals surface area (Å²) in [5, 5.41) is 6.96. The van der Waals surface area contributed by atoms with Gasteiger partial charge in [-0.05, 0) is 44.2 Å². The van der Waals surface area contributed by atoms with Crippen LogP contribution in [0.4, 0.5) is 4.39 Å². The molecule has 4 rings (SSSR count). The van der Waals surface area contributed by atoms with Gasteiger partial charge in [-0.15, -0.1) is 24.0 Å². The molecule has 2 aliphatic carbocycles. The van der Waals surface area contributed by atoms with E-state index in [1.54, 1.807) is 6.07 Å². The number of guanidine groups is 1. The minimum absolute atomic E-state index is 0. The molecule has 1 aliphatic heterocycles. The summed E-state index contributed by atoms with van der Waals surface area (Å²) in [5.41, 5.74) is 0.782. The summed E-state index contributed by atoms with van der Waals surface area (Å²) in [6, 6.07) is 7.46. The zero-order valence-corrected chi connectivity index (χ0v) is 19.4. The molecule has 7 heteroatoms. The number of carbonyl (C=O) groups excluding carboxylic acids is 1. The van der Waals surface area contributed by atoms with Crippen molar-refractivity contribution in [2.75, 3.05) is 19.6 Å². The molecular weight excluding hydrogens is 482 g/mol. The van der Waals surface area contributed by atoms with Gasteiger partial charge in [0.15, 0.2) is 5.96 Å². The number of carbonyl (C=O) groups is 1. The van der Waals surface area contributed by atoms with Gasteiger partial charge in [0.25, 0.3) is 0 Å². The molecule has 3 fully saturated rings. The van der Waals surface area contributed by atoms with Crippen LogP contribution in [0.3, 0.4) is 0 Å². The Morgan fingerprint density at radius 2 is 1.97 bits per heavy atom. The Labute approximate surface area is 189 Å². The van der Waals surface area contributed by atoms with Crippen molar-refractivity contribution < 1.29 is 9.18 Å². The number of rotatable bonds is 5. The number of hydrogen-bond acceptors (Lipinski definition) is 2. The van der Waals surface area contributed by atoms with Crippen LogP contribution in [-0.4, -0.2) is 48.5 Å². The molecule has 3 aliphatic rings. The summed E-state index contributed by atoms with van der Waals surface area (Å²) in [6.07, 6.45) is 6.35. The van der Waals surface area contributed by atoms with Crippen molar-refractivity contribution in [2.24, 2.45) is 10.9 Å². The minimum Gasteiger partial charge on any atom is -0.353 e. The molecule has 2 saturated carbocycles. The molecule has 1 heterocycles. The first-order valence-corrected chi connectivity index (χ1v) is 10.8. The summed E-state index contributed by atoms with van der Waals surface area (Å²) < 4.78 is 14.0. The number of benzene rings is 1. The first kappa shape index (κ1) is 22.3. The number of halogens is 2. The Morgan fingerprint density at radius 1 is 1.21 bits per heavy atom. The maximum atomic E-state index is 14.0. The largest absolute Gasteiger partial charge is 0.353 e. The molecule has 1 amide bonds. The molecule has 3 atom stereocenters.